The molecule has 0 bridgehead atoms. The number of benzene rings is 1. The summed E-state index contributed by atoms with van der Waals surface area (Å²) in [6.07, 6.45) is 3.52. The first-order valence-corrected chi connectivity index (χ1v) is 8.43. The Hall–Kier alpha value is -2.11. The molecular formula is C19H25N3O2. The molecule has 5 heteroatoms. The number of aliphatic hydroxyl groups is 1. The van der Waals surface area contributed by atoms with Crippen molar-refractivity contribution in [2.24, 2.45) is 0 Å². The third-order valence-electron chi connectivity index (χ3n) is 4.41. The summed E-state index contributed by atoms with van der Waals surface area (Å²) in [6, 6.07) is 13.7. The van der Waals surface area contributed by atoms with Crippen molar-refractivity contribution in [3.05, 3.63) is 54.2 Å². The highest BCUT2D eigenvalue weighted by molar-refractivity contribution is 5.42. The van der Waals surface area contributed by atoms with Gasteiger partial charge in [-0.05, 0) is 37.6 Å². The van der Waals surface area contributed by atoms with E-state index in [0.29, 0.717) is 13.2 Å². The van der Waals surface area contributed by atoms with Gasteiger partial charge in [0.05, 0.1) is 0 Å². The van der Waals surface area contributed by atoms with Crippen LogP contribution in [0.2, 0.25) is 0 Å². The highest BCUT2D eigenvalue weighted by Gasteiger charge is 2.34. The molecule has 1 aliphatic rings. The Balaban J connectivity index is 1.61. The topological polar surface area (TPSA) is 57.6 Å². The van der Waals surface area contributed by atoms with Crippen molar-refractivity contribution in [3.8, 4) is 5.75 Å². The predicted octanol–water partition coefficient (Wildman–Crippen LogP) is 2.53. The molecule has 3 rings (SSSR count). The Morgan fingerprint density at radius 3 is 2.88 bits per heavy atom. The highest BCUT2D eigenvalue weighted by atomic mass is 16.5. The van der Waals surface area contributed by atoms with Gasteiger partial charge in [-0.15, -0.1) is 0 Å². The molecule has 24 heavy (non-hydrogen) atoms. The van der Waals surface area contributed by atoms with Crippen LogP contribution in [-0.4, -0.2) is 47.3 Å². The second kappa shape index (κ2) is 7.64. The van der Waals surface area contributed by atoms with Crippen LogP contribution in [0.5, 0.6) is 5.75 Å². The van der Waals surface area contributed by atoms with Gasteiger partial charge in [0, 0.05) is 31.9 Å². The minimum absolute atomic E-state index is 0.319. The lowest BCUT2D eigenvalue weighted by Crippen LogP contribution is -2.51. The van der Waals surface area contributed by atoms with Gasteiger partial charge in [-0.3, -0.25) is 4.90 Å². The average Bonchev–Trinajstić information content (AvgIpc) is 2.62. The van der Waals surface area contributed by atoms with Crippen LogP contribution in [0.1, 0.15) is 18.4 Å². The fourth-order valence-electron chi connectivity index (χ4n) is 3.23. The number of nitrogens with zero attached hydrogens (tertiary/aromatic N) is 2. The van der Waals surface area contributed by atoms with E-state index in [9.17, 15) is 5.11 Å². The van der Waals surface area contributed by atoms with Crippen LogP contribution in [0.3, 0.4) is 0 Å². The van der Waals surface area contributed by atoms with Gasteiger partial charge in [0.1, 0.15) is 23.8 Å². The Bertz CT molecular complexity index is 650. The van der Waals surface area contributed by atoms with E-state index in [1.165, 1.54) is 0 Å². The molecule has 1 aromatic heterocycles. The number of aromatic nitrogens is 1. The Kier molecular flexibility index (Phi) is 5.33. The molecular weight excluding hydrogens is 302 g/mol. The molecule has 2 aromatic rings. The average molecular weight is 327 g/mol. The number of hydrogen-bond donors (Lipinski definition) is 2. The number of anilines is 1. The predicted molar refractivity (Wildman–Crippen MR) is 95.2 cm³/mol. The molecule has 0 amide bonds. The number of para-hydroxylation sites is 1. The zero-order chi connectivity index (χ0) is 16.8. The number of ether oxygens (including phenoxy) is 1. The summed E-state index contributed by atoms with van der Waals surface area (Å²) in [6.45, 7) is 2.68. The minimum atomic E-state index is -0.809. The quantitative estimate of drug-likeness (QED) is 0.854. The molecule has 5 nitrogen and oxygen atoms in total. The molecule has 1 fully saturated rings. The monoisotopic (exact) mass is 327 g/mol. The van der Waals surface area contributed by atoms with Crippen LogP contribution < -0.4 is 10.1 Å². The van der Waals surface area contributed by atoms with Crippen molar-refractivity contribution in [2.45, 2.75) is 25.0 Å². The molecule has 2 heterocycles. The second-order valence-electron chi connectivity index (χ2n) is 6.40. The summed E-state index contributed by atoms with van der Waals surface area (Å²) in [5, 5.41) is 14.0. The molecule has 1 aliphatic heterocycles. The van der Waals surface area contributed by atoms with Crippen LogP contribution in [0.25, 0.3) is 0 Å². The maximum Gasteiger partial charge on any atom is 0.130 e. The van der Waals surface area contributed by atoms with Gasteiger partial charge in [0.15, 0.2) is 0 Å². The number of piperidine rings is 1. The molecule has 0 spiro atoms. The molecule has 1 unspecified atom stereocenters. The van der Waals surface area contributed by atoms with E-state index in [1.54, 1.807) is 6.20 Å². The van der Waals surface area contributed by atoms with E-state index < -0.39 is 5.60 Å². The summed E-state index contributed by atoms with van der Waals surface area (Å²) in [5.41, 5.74) is 0.337. The molecule has 0 saturated carbocycles. The van der Waals surface area contributed by atoms with E-state index in [0.717, 1.165) is 43.1 Å². The van der Waals surface area contributed by atoms with Gasteiger partial charge < -0.3 is 15.2 Å². The fourth-order valence-corrected chi connectivity index (χ4v) is 3.23. The van der Waals surface area contributed by atoms with Crippen LogP contribution in [0, 0.1) is 0 Å². The van der Waals surface area contributed by atoms with E-state index >= 15 is 0 Å². The lowest BCUT2D eigenvalue weighted by Gasteiger charge is -2.39. The normalized spacial score (nSPS) is 21.4. The first-order chi connectivity index (χ1) is 11.7. The molecule has 2 N–H and O–H groups in total. The van der Waals surface area contributed by atoms with Crippen LogP contribution in [0.4, 0.5) is 5.82 Å². The van der Waals surface area contributed by atoms with Crippen molar-refractivity contribution in [2.75, 3.05) is 32.1 Å². The number of hydrogen-bond acceptors (Lipinski definition) is 5. The zero-order valence-corrected chi connectivity index (χ0v) is 14.1. The Labute approximate surface area is 143 Å². The van der Waals surface area contributed by atoms with Crippen molar-refractivity contribution in [3.63, 3.8) is 0 Å². The summed E-state index contributed by atoms with van der Waals surface area (Å²) < 4.78 is 5.79. The minimum Gasteiger partial charge on any atom is -0.491 e. The number of nitrogens with one attached hydrogen (secondary N) is 1. The molecule has 0 aliphatic carbocycles. The summed E-state index contributed by atoms with van der Waals surface area (Å²) in [5.74, 6) is 1.69. The van der Waals surface area contributed by atoms with E-state index in [4.69, 9.17) is 4.74 Å². The molecule has 0 radical (unpaired) electrons. The van der Waals surface area contributed by atoms with Gasteiger partial charge >= 0.3 is 0 Å². The van der Waals surface area contributed by atoms with Gasteiger partial charge in [0.25, 0.3) is 0 Å². The van der Waals surface area contributed by atoms with E-state index in [2.05, 4.69) is 21.3 Å². The SMILES string of the molecule is CNc1ncccc1CN1CCCC(O)(COc2ccccc2)C1. The van der Waals surface area contributed by atoms with Gasteiger partial charge in [-0.2, -0.15) is 0 Å². The number of β-amino-alcohol motifs (C(OH)–C–C–N with tert-alkyl or cyclic N) is 1. The summed E-state index contributed by atoms with van der Waals surface area (Å²) in [7, 11) is 1.88. The number of pyridine rings is 1. The van der Waals surface area contributed by atoms with Crippen LogP contribution >= 0.6 is 0 Å². The lowest BCUT2D eigenvalue weighted by molar-refractivity contribution is -0.0620. The Morgan fingerprint density at radius 2 is 2.08 bits per heavy atom. The zero-order valence-electron chi connectivity index (χ0n) is 14.1. The van der Waals surface area contributed by atoms with Crippen LogP contribution in [0.15, 0.2) is 48.7 Å². The molecule has 1 aromatic carbocycles. The maximum atomic E-state index is 10.9. The van der Waals surface area contributed by atoms with E-state index in [-0.39, 0.29) is 0 Å². The Morgan fingerprint density at radius 1 is 1.25 bits per heavy atom. The van der Waals surface area contributed by atoms with Gasteiger partial charge in [-0.1, -0.05) is 24.3 Å². The molecule has 1 saturated heterocycles. The fraction of sp³-hybridized carbons (Fsp3) is 0.421. The van der Waals surface area contributed by atoms with Crippen molar-refractivity contribution in [1.29, 1.82) is 0 Å². The number of rotatable bonds is 6. The van der Waals surface area contributed by atoms with Crippen molar-refractivity contribution < 1.29 is 9.84 Å². The number of likely N-dealkylation sites (tertiary alicyclic amines) is 1. The van der Waals surface area contributed by atoms with E-state index in [1.807, 2.05) is 43.4 Å². The first kappa shape index (κ1) is 16.7. The first-order valence-electron chi connectivity index (χ1n) is 8.43. The van der Waals surface area contributed by atoms with Crippen molar-refractivity contribution >= 4 is 5.82 Å². The summed E-state index contributed by atoms with van der Waals surface area (Å²) >= 11 is 0. The van der Waals surface area contributed by atoms with Gasteiger partial charge in [0.2, 0.25) is 0 Å². The molecule has 1 atom stereocenters. The highest BCUT2D eigenvalue weighted by Crippen LogP contribution is 2.25. The van der Waals surface area contributed by atoms with Crippen LogP contribution in [-0.2, 0) is 6.54 Å². The molecule has 128 valence electrons. The third kappa shape index (κ3) is 4.24. The van der Waals surface area contributed by atoms with Gasteiger partial charge in [-0.25, -0.2) is 4.98 Å². The smallest absolute Gasteiger partial charge is 0.130 e. The standard InChI is InChI=1S/C19H25N3O2/c1-20-18-16(7-5-11-21-18)13-22-12-6-10-19(23,14-22)15-24-17-8-3-2-4-9-17/h2-5,7-9,11,23H,6,10,12-15H2,1H3,(H,20,21). The van der Waals surface area contributed by atoms with Crippen molar-refractivity contribution in [1.82, 2.24) is 9.88 Å². The maximum absolute atomic E-state index is 10.9. The lowest BCUT2D eigenvalue weighted by atomic mass is 9.93. The largest absolute Gasteiger partial charge is 0.491 e. The third-order valence-corrected chi connectivity index (χ3v) is 4.41. The summed E-state index contributed by atoms with van der Waals surface area (Å²) in [4.78, 5) is 6.62. The second-order valence-corrected chi connectivity index (χ2v) is 6.40.